The van der Waals surface area contributed by atoms with Crippen molar-refractivity contribution in [3.8, 4) is 6.07 Å². The van der Waals surface area contributed by atoms with Crippen LogP contribution in [0, 0.1) is 29.0 Å². The van der Waals surface area contributed by atoms with Gasteiger partial charge in [-0.25, -0.2) is 4.39 Å². The van der Waals surface area contributed by atoms with Crippen molar-refractivity contribution in [2.24, 2.45) is 11.8 Å². The fraction of sp³-hybridized carbons (Fsp3) is 0.640. The van der Waals surface area contributed by atoms with E-state index in [1.807, 2.05) is 11.9 Å². The van der Waals surface area contributed by atoms with Crippen LogP contribution < -0.4 is 10.2 Å². The molecule has 2 atom stereocenters. The second-order valence-electron chi connectivity index (χ2n) is 9.77. The van der Waals surface area contributed by atoms with Crippen LogP contribution in [-0.2, 0) is 9.59 Å². The first-order chi connectivity index (χ1) is 15.9. The maximum atomic E-state index is 13.4. The number of likely N-dealkylation sites (tertiary alicyclic amines) is 1. The van der Waals surface area contributed by atoms with Gasteiger partial charge in [0.1, 0.15) is 11.4 Å². The van der Waals surface area contributed by atoms with Crippen LogP contribution in [0.2, 0.25) is 0 Å². The number of hydrogen-bond donors (Lipinski definition) is 1. The highest BCUT2D eigenvalue weighted by atomic mass is 19.1. The summed E-state index contributed by atoms with van der Waals surface area (Å²) in [6.07, 6.45) is 4.52. The Kier molecular flexibility index (Phi) is 7.18. The molecule has 0 spiro atoms. The van der Waals surface area contributed by atoms with Crippen molar-refractivity contribution in [3.05, 3.63) is 30.1 Å². The molecule has 33 heavy (non-hydrogen) atoms. The molecule has 0 radical (unpaired) electrons. The molecule has 0 unspecified atom stereocenters. The highest BCUT2D eigenvalue weighted by Gasteiger charge is 2.42. The van der Waals surface area contributed by atoms with Crippen molar-refractivity contribution >= 4 is 17.5 Å². The number of hydrogen-bond acceptors (Lipinski definition) is 5. The largest absolute Gasteiger partial charge is 0.368 e. The highest BCUT2D eigenvalue weighted by Crippen LogP contribution is 2.33. The molecule has 1 saturated carbocycles. The van der Waals surface area contributed by atoms with E-state index in [4.69, 9.17) is 0 Å². The molecule has 1 aromatic rings. The molecular formula is C25H34FN5O2. The number of carbonyl (C=O) groups is 2. The monoisotopic (exact) mass is 455 g/mol. The van der Waals surface area contributed by atoms with Crippen molar-refractivity contribution in [2.75, 3.05) is 51.2 Å². The normalized spacial score (nSPS) is 25.8. The zero-order valence-electron chi connectivity index (χ0n) is 19.4. The van der Waals surface area contributed by atoms with Gasteiger partial charge >= 0.3 is 0 Å². The van der Waals surface area contributed by atoms with Crippen molar-refractivity contribution in [1.29, 1.82) is 5.26 Å². The van der Waals surface area contributed by atoms with E-state index in [9.17, 15) is 19.2 Å². The van der Waals surface area contributed by atoms with Crippen LogP contribution in [0.25, 0.3) is 0 Å². The van der Waals surface area contributed by atoms with Gasteiger partial charge in [0.15, 0.2) is 0 Å². The van der Waals surface area contributed by atoms with E-state index in [1.165, 1.54) is 12.1 Å². The third kappa shape index (κ3) is 5.30. The fourth-order valence-electron chi connectivity index (χ4n) is 5.41. The lowest BCUT2D eigenvalue weighted by atomic mass is 9.77. The molecule has 178 valence electrons. The Balaban J connectivity index is 1.37. The van der Waals surface area contributed by atoms with E-state index < -0.39 is 5.54 Å². The number of nitriles is 1. The van der Waals surface area contributed by atoms with Gasteiger partial charge in [0.25, 0.3) is 0 Å². The standard InChI is InChI=1S/C25H34FN5O2/c1-29-12-10-25(18-27,11-13-29)28-23(32)21-4-2-3-5-22(21)24(33)31-16-14-30(15-17-31)20-8-6-19(26)7-9-20/h6-9,21-22H,2-5,10-17H2,1H3,(H,28,32)/t21-,22-/m1/s1. The number of rotatable bonds is 4. The van der Waals surface area contributed by atoms with Crippen LogP contribution >= 0.6 is 0 Å². The number of nitrogens with one attached hydrogen (secondary N) is 1. The predicted octanol–water partition coefficient (Wildman–Crippen LogP) is 2.38. The van der Waals surface area contributed by atoms with Crippen LogP contribution in [0.1, 0.15) is 38.5 Å². The lowest BCUT2D eigenvalue weighted by Crippen LogP contribution is -2.57. The summed E-state index contributed by atoms with van der Waals surface area (Å²) in [7, 11) is 2.02. The van der Waals surface area contributed by atoms with E-state index in [0.29, 0.717) is 45.4 Å². The SMILES string of the molecule is CN1CCC(C#N)(NC(=O)[C@@H]2CCCC[C@H]2C(=O)N2CCN(c3ccc(F)cc3)CC2)CC1. The smallest absolute Gasteiger partial charge is 0.226 e. The quantitative estimate of drug-likeness (QED) is 0.754. The lowest BCUT2D eigenvalue weighted by Gasteiger charge is -2.41. The summed E-state index contributed by atoms with van der Waals surface area (Å²) in [5, 5.41) is 12.9. The van der Waals surface area contributed by atoms with Crippen LogP contribution in [0.5, 0.6) is 0 Å². The molecule has 8 heteroatoms. The Morgan fingerprint density at radius 2 is 1.61 bits per heavy atom. The Morgan fingerprint density at radius 1 is 1.00 bits per heavy atom. The molecule has 1 N–H and O–H groups in total. The first-order valence-corrected chi connectivity index (χ1v) is 12.1. The van der Waals surface area contributed by atoms with Crippen molar-refractivity contribution in [2.45, 2.75) is 44.1 Å². The van der Waals surface area contributed by atoms with Gasteiger partial charge in [0.2, 0.25) is 11.8 Å². The van der Waals surface area contributed by atoms with E-state index in [2.05, 4.69) is 21.2 Å². The molecule has 1 aromatic carbocycles. The van der Waals surface area contributed by atoms with Gasteiger partial charge in [0, 0.05) is 56.8 Å². The minimum Gasteiger partial charge on any atom is -0.368 e. The van der Waals surface area contributed by atoms with Gasteiger partial charge in [-0.05, 0) is 57.0 Å². The number of piperidine rings is 1. The minimum absolute atomic E-state index is 0.0583. The van der Waals surface area contributed by atoms with E-state index in [0.717, 1.165) is 38.0 Å². The van der Waals surface area contributed by atoms with Crippen molar-refractivity contribution in [1.82, 2.24) is 15.1 Å². The minimum atomic E-state index is -0.824. The Morgan fingerprint density at radius 3 is 2.21 bits per heavy atom. The van der Waals surface area contributed by atoms with Crippen LogP contribution in [-0.4, -0.2) is 73.5 Å². The van der Waals surface area contributed by atoms with E-state index in [-0.39, 0.29) is 29.5 Å². The summed E-state index contributed by atoms with van der Waals surface area (Å²) in [5.41, 5.74) is 0.133. The molecule has 2 aliphatic heterocycles. The van der Waals surface area contributed by atoms with Crippen molar-refractivity contribution in [3.63, 3.8) is 0 Å². The second kappa shape index (κ2) is 10.1. The number of nitrogens with zero attached hydrogens (tertiary/aromatic N) is 4. The molecular weight excluding hydrogens is 421 g/mol. The molecule has 3 aliphatic rings. The van der Waals surface area contributed by atoms with Gasteiger partial charge < -0.3 is 20.0 Å². The van der Waals surface area contributed by atoms with E-state index in [1.54, 1.807) is 12.1 Å². The zero-order valence-corrected chi connectivity index (χ0v) is 19.4. The zero-order chi connectivity index (χ0) is 23.4. The molecule has 1 aliphatic carbocycles. The number of benzene rings is 1. The fourth-order valence-corrected chi connectivity index (χ4v) is 5.41. The summed E-state index contributed by atoms with van der Waals surface area (Å²) in [4.78, 5) is 32.9. The summed E-state index contributed by atoms with van der Waals surface area (Å²) >= 11 is 0. The van der Waals surface area contributed by atoms with Crippen LogP contribution in [0.15, 0.2) is 24.3 Å². The van der Waals surface area contributed by atoms with E-state index >= 15 is 0 Å². The summed E-state index contributed by atoms with van der Waals surface area (Å²) < 4.78 is 13.2. The molecule has 7 nitrogen and oxygen atoms in total. The van der Waals surface area contributed by atoms with Gasteiger partial charge in [-0.15, -0.1) is 0 Å². The third-order valence-electron chi connectivity index (χ3n) is 7.62. The van der Waals surface area contributed by atoms with Gasteiger partial charge in [-0.2, -0.15) is 5.26 Å². The lowest BCUT2D eigenvalue weighted by molar-refractivity contribution is -0.144. The first kappa shape index (κ1) is 23.5. The second-order valence-corrected chi connectivity index (χ2v) is 9.77. The molecule has 2 heterocycles. The average Bonchev–Trinajstić information content (AvgIpc) is 2.86. The number of piperazine rings is 1. The van der Waals surface area contributed by atoms with Crippen LogP contribution in [0.4, 0.5) is 10.1 Å². The Labute approximate surface area is 195 Å². The molecule has 3 fully saturated rings. The Hall–Kier alpha value is -2.66. The third-order valence-corrected chi connectivity index (χ3v) is 7.62. The highest BCUT2D eigenvalue weighted by molar-refractivity contribution is 5.88. The topological polar surface area (TPSA) is 79.7 Å². The van der Waals surface area contributed by atoms with Gasteiger partial charge in [0.05, 0.1) is 6.07 Å². The predicted molar refractivity (Wildman–Crippen MR) is 124 cm³/mol. The molecule has 2 saturated heterocycles. The molecule has 2 amide bonds. The molecule has 4 rings (SSSR count). The van der Waals surface area contributed by atoms with Crippen LogP contribution in [0.3, 0.4) is 0 Å². The van der Waals surface area contributed by atoms with Crippen molar-refractivity contribution < 1.29 is 14.0 Å². The number of amides is 2. The number of halogens is 1. The summed E-state index contributed by atoms with van der Waals surface area (Å²) in [6.45, 7) is 4.11. The molecule has 0 aromatic heterocycles. The number of anilines is 1. The number of carbonyl (C=O) groups excluding carboxylic acids is 2. The first-order valence-electron chi connectivity index (χ1n) is 12.1. The Bertz CT molecular complexity index is 883. The average molecular weight is 456 g/mol. The van der Waals surface area contributed by atoms with Gasteiger partial charge in [-0.3, -0.25) is 9.59 Å². The summed E-state index contributed by atoms with van der Waals surface area (Å²) in [6, 6.07) is 8.80. The molecule has 0 bridgehead atoms. The van der Waals surface area contributed by atoms with Gasteiger partial charge in [-0.1, -0.05) is 12.8 Å². The maximum Gasteiger partial charge on any atom is 0.226 e. The summed E-state index contributed by atoms with van der Waals surface area (Å²) in [5.74, 6) is -1.02. The maximum absolute atomic E-state index is 13.4.